The van der Waals surface area contributed by atoms with Crippen molar-refractivity contribution >= 4 is 17.9 Å². The van der Waals surface area contributed by atoms with Gasteiger partial charge in [0.2, 0.25) is 5.91 Å². The summed E-state index contributed by atoms with van der Waals surface area (Å²) in [6, 6.07) is 7.71. The summed E-state index contributed by atoms with van der Waals surface area (Å²) in [5, 5.41) is 5.98. The minimum absolute atomic E-state index is 0.138. The van der Waals surface area contributed by atoms with Crippen molar-refractivity contribution in [2.45, 2.75) is 110 Å². The first-order valence-electron chi connectivity index (χ1n) is 12.5. The number of carbonyl (C=O) groups is 3. The van der Waals surface area contributed by atoms with Crippen LogP contribution in [0.3, 0.4) is 0 Å². The number of ether oxygens (including phenoxy) is 1. The van der Waals surface area contributed by atoms with E-state index in [9.17, 15) is 14.4 Å². The zero-order chi connectivity index (χ0) is 26.4. The maximum Gasteiger partial charge on any atom is 0.410 e. The maximum atomic E-state index is 13.6. The van der Waals surface area contributed by atoms with E-state index >= 15 is 0 Å². The number of carbonyl (C=O) groups excluding carboxylic acids is 3. The molecular formula is C28H43N3O4. The highest BCUT2D eigenvalue weighted by Gasteiger charge is 2.42. The SMILES string of the molecule is C=CCCC(NC(C)=O)(C(=O)NC(C)(C)C)c1cccc(CN(C(=O)OC(C)(C)C)C2CCC2)c1. The topological polar surface area (TPSA) is 87.7 Å². The van der Waals surface area contributed by atoms with Gasteiger partial charge in [-0.05, 0) is 84.8 Å². The Morgan fingerprint density at radius 3 is 2.26 bits per heavy atom. The van der Waals surface area contributed by atoms with Crippen LogP contribution in [0, 0.1) is 0 Å². The van der Waals surface area contributed by atoms with Gasteiger partial charge in [-0.1, -0.05) is 30.3 Å². The largest absolute Gasteiger partial charge is 0.444 e. The Balaban J connectivity index is 2.47. The molecule has 0 bridgehead atoms. The molecule has 1 saturated carbocycles. The van der Waals surface area contributed by atoms with Gasteiger partial charge in [-0.15, -0.1) is 6.58 Å². The fourth-order valence-electron chi connectivity index (χ4n) is 4.14. The van der Waals surface area contributed by atoms with Gasteiger partial charge in [0.25, 0.3) is 5.91 Å². The van der Waals surface area contributed by atoms with Crippen molar-refractivity contribution in [2.24, 2.45) is 0 Å². The summed E-state index contributed by atoms with van der Waals surface area (Å²) in [5.41, 5.74) is -0.790. The molecular weight excluding hydrogens is 442 g/mol. The van der Waals surface area contributed by atoms with Crippen molar-refractivity contribution in [1.29, 1.82) is 0 Å². The summed E-state index contributed by atoms with van der Waals surface area (Å²) in [4.78, 5) is 40.7. The molecule has 35 heavy (non-hydrogen) atoms. The van der Waals surface area contributed by atoms with Gasteiger partial charge in [0.05, 0.1) is 0 Å². The van der Waals surface area contributed by atoms with Crippen molar-refractivity contribution < 1.29 is 19.1 Å². The summed E-state index contributed by atoms with van der Waals surface area (Å²) in [7, 11) is 0. The summed E-state index contributed by atoms with van der Waals surface area (Å²) in [6.45, 7) is 16.9. The molecule has 1 fully saturated rings. The lowest BCUT2D eigenvalue weighted by Crippen LogP contribution is -2.59. The number of benzene rings is 1. The summed E-state index contributed by atoms with van der Waals surface area (Å²) >= 11 is 0. The Morgan fingerprint density at radius 1 is 1.11 bits per heavy atom. The van der Waals surface area contributed by atoms with E-state index in [1.807, 2.05) is 65.8 Å². The molecule has 0 radical (unpaired) electrons. The molecule has 0 heterocycles. The molecule has 7 heteroatoms. The maximum absolute atomic E-state index is 13.6. The highest BCUT2D eigenvalue weighted by Crippen LogP contribution is 2.32. The summed E-state index contributed by atoms with van der Waals surface area (Å²) < 4.78 is 5.68. The lowest BCUT2D eigenvalue weighted by molar-refractivity contribution is -0.134. The molecule has 7 nitrogen and oxygen atoms in total. The molecule has 2 rings (SSSR count). The highest BCUT2D eigenvalue weighted by molar-refractivity contribution is 5.92. The van der Waals surface area contributed by atoms with Crippen LogP contribution in [0.1, 0.15) is 91.7 Å². The normalized spacial score (nSPS) is 15.9. The van der Waals surface area contributed by atoms with E-state index < -0.39 is 16.7 Å². The smallest absolute Gasteiger partial charge is 0.410 e. The van der Waals surface area contributed by atoms with Gasteiger partial charge in [-0.2, -0.15) is 0 Å². The van der Waals surface area contributed by atoms with Crippen LogP contribution in [0.4, 0.5) is 4.79 Å². The van der Waals surface area contributed by atoms with E-state index in [4.69, 9.17) is 4.74 Å². The molecule has 194 valence electrons. The fourth-order valence-corrected chi connectivity index (χ4v) is 4.14. The zero-order valence-corrected chi connectivity index (χ0v) is 22.5. The van der Waals surface area contributed by atoms with E-state index in [0.29, 0.717) is 24.9 Å². The average molecular weight is 486 g/mol. The molecule has 1 aliphatic rings. The van der Waals surface area contributed by atoms with Gasteiger partial charge in [0.15, 0.2) is 0 Å². The Kier molecular flexibility index (Phi) is 9.15. The van der Waals surface area contributed by atoms with Crippen LogP contribution in [-0.2, 0) is 26.4 Å². The van der Waals surface area contributed by atoms with Gasteiger partial charge < -0.3 is 20.3 Å². The molecule has 0 aliphatic heterocycles. The van der Waals surface area contributed by atoms with Crippen LogP contribution < -0.4 is 10.6 Å². The number of hydrogen-bond donors (Lipinski definition) is 2. The molecule has 0 spiro atoms. The second-order valence-electron chi connectivity index (χ2n) is 11.5. The standard InChI is InChI=1S/C28H43N3O4/c1-9-10-17-28(29-20(2)32,24(33)30-26(3,4)5)22-14-11-13-21(18-22)19-31(23-15-12-16-23)25(34)35-27(6,7)8/h9,11,13-14,18,23H,1,10,12,15-17,19H2,2-8H3,(H,29,32)(H,30,33). The monoisotopic (exact) mass is 485 g/mol. The highest BCUT2D eigenvalue weighted by atomic mass is 16.6. The van der Waals surface area contributed by atoms with Crippen molar-refractivity contribution in [3.8, 4) is 0 Å². The number of allylic oxidation sites excluding steroid dienone is 1. The number of rotatable bonds is 9. The van der Waals surface area contributed by atoms with Crippen LogP contribution in [0.2, 0.25) is 0 Å². The second-order valence-corrected chi connectivity index (χ2v) is 11.5. The van der Waals surface area contributed by atoms with Crippen molar-refractivity contribution in [3.05, 3.63) is 48.0 Å². The first-order valence-corrected chi connectivity index (χ1v) is 12.5. The predicted molar refractivity (Wildman–Crippen MR) is 139 cm³/mol. The molecule has 1 atom stereocenters. The van der Waals surface area contributed by atoms with E-state index in [-0.39, 0.29) is 23.9 Å². The first-order chi connectivity index (χ1) is 16.2. The Bertz CT molecular complexity index is 925. The van der Waals surface area contributed by atoms with E-state index in [2.05, 4.69) is 17.2 Å². The van der Waals surface area contributed by atoms with Crippen LogP contribution >= 0.6 is 0 Å². The van der Waals surface area contributed by atoms with Gasteiger partial charge in [-0.3, -0.25) is 9.59 Å². The lowest BCUT2D eigenvalue weighted by atomic mass is 9.82. The van der Waals surface area contributed by atoms with Crippen molar-refractivity contribution in [3.63, 3.8) is 0 Å². The van der Waals surface area contributed by atoms with Gasteiger partial charge >= 0.3 is 6.09 Å². The summed E-state index contributed by atoms with van der Waals surface area (Å²) in [6.07, 6.45) is 5.28. The van der Waals surface area contributed by atoms with E-state index in [1.54, 1.807) is 11.0 Å². The van der Waals surface area contributed by atoms with Gasteiger partial charge in [-0.25, -0.2) is 4.79 Å². The number of hydrogen-bond acceptors (Lipinski definition) is 4. The molecule has 0 aromatic heterocycles. The second kappa shape index (κ2) is 11.3. The molecule has 3 amide bonds. The Labute approximate surface area is 210 Å². The first kappa shape index (κ1) is 28.4. The lowest BCUT2D eigenvalue weighted by Gasteiger charge is -2.39. The molecule has 2 N–H and O–H groups in total. The van der Waals surface area contributed by atoms with Crippen molar-refractivity contribution in [1.82, 2.24) is 15.5 Å². The van der Waals surface area contributed by atoms with E-state index in [1.165, 1.54) is 6.92 Å². The zero-order valence-electron chi connectivity index (χ0n) is 22.5. The van der Waals surface area contributed by atoms with Crippen LogP contribution in [0.25, 0.3) is 0 Å². The molecule has 0 saturated heterocycles. The van der Waals surface area contributed by atoms with E-state index in [0.717, 1.165) is 24.8 Å². The Hall–Kier alpha value is -2.83. The van der Waals surface area contributed by atoms with Gasteiger partial charge in [0, 0.05) is 25.0 Å². The van der Waals surface area contributed by atoms with Crippen molar-refractivity contribution in [2.75, 3.05) is 0 Å². The number of nitrogens with zero attached hydrogens (tertiary/aromatic N) is 1. The third-order valence-electron chi connectivity index (χ3n) is 5.91. The van der Waals surface area contributed by atoms with Crippen LogP contribution in [0.15, 0.2) is 36.9 Å². The predicted octanol–water partition coefficient (Wildman–Crippen LogP) is 5.19. The van der Waals surface area contributed by atoms with Crippen LogP contribution in [-0.4, -0.2) is 40.0 Å². The molecule has 1 aromatic carbocycles. The minimum Gasteiger partial charge on any atom is -0.444 e. The van der Waals surface area contributed by atoms with Crippen LogP contribution in [0.5, 0.6) is 0 Å². The van der Waals surface area contributed by atoms with Gasteiger partial charge in [0.1, 0.15) is 11.1 Å². The molecule has 1 aromatic rings. The molecule has 1 unspecified atom stereocenters. The fraction of sp³-hybridized carbons (Fsp3) is 0.607. The Morgan fingerprint density at radius 2 is 1.77 bits per heavy atom. The number of amides is 3. The average Bonchev–Trinajstić information content (AvgIpc) is 2.66. The number of nitrogens with one attached hydrogen (secondary N) is 2. The third-order valence-corrected chi connectivity index (χ3v) is 5.91. The molecule has 1 aliphatic carbocycles. The third kappa shape index (κ3) is 8.11. The quantitative estimate of drug-likeness (QED) is 0.471. The minimum atomic E-state index is -1.27. The summed E-state index contributed by atoms with van der Waals surface area (Å²) in [5.74, 6) is -0.574.